The van der Waals surface area contributed by atoms with Crippen LogP contribution in [0, 0.1) is 17.3 Å². The summed E-state index contributed by atoms with van der Waals surface area (Å²) >= 11 is 0. The van der Waals surface area contributed by atoms with Crippen molar-refractivity contribution in [2.75, 3.05) is 26.2 Å². The molecule has 5 aliphatic rings. The molecule has 0 radical (unpaired) electrons. The van der Waals surface area contributed by atoms with E-state index in [4.69, 9.17) is 4.74 Å². The molecule has 47 heavy (non-hydrogen) atoms. The minimum atomic E-state index is -5.87. The number of amides is 1. The van der Waals surface area contributed by atoms with Crippen LogP contribution in [0.2, 0.25) is 0 Å². The second-order valence-electron chi connectivity index (χ2n) is 15.5. The number of allylic oxidation sites excluding steroid dienone is 4. The molecule has 2 saturated carbocycles. The van der Waals surface area contributed by atoms with Crippen molar-refractivity contribution in [3.63, 3.8) is 0 Å². The van der Waals surface area contributed by atoms with E-state index in [1.54, 1.807) is 11.0 Å². The Morgan fingerprint density at radius 2 is 1.64 bits per heavy atom. The van der Waals surface area contributed by atoms with Gasteiger partial charge >= 0.3 is 18.2 Å². The Balaban J connectivity index is 1.28. The minimum absolute atomic E-state index is 0.0393. The third-order valence-corrected chi connectivity index (χ3v) is 11.6. The third-order valence-electron chi connectivity index (χ3n) is 11.6. The zero-order chi connectivity index (χ0) is 34.2. The molecule has 0 bridgehead atoms. The topological polar surface area (TPSA) is 70.1 Å². The van der Waals surface area contributed by atoms with Crippen molar-refractivity contribution in [1.29, 1.82) is 0 Å². The fourth-order valence-corrected chi connectivity index (χ4v) is 9.24. The van der Waals surface area contributed by atoms with Gasteiger partial charge < -0.3 is 14.7 Å². The molecule has 1 amide bonds. The smallest absolute Gasteiger partial charge is 0.444 e. The number of piperazine rings is 1. The molecular weight excluding hydrogens is 619 g/mol. The first-order valence-electron chi connectivity index (χ1n) is 16.8. The zero-order valence-corrected chi connectivity index (χ0v) is 27.6. The van der Waals surface area contributed by atoms with E-state index in [1.807, 2.05) is 45.0 Å². The van der Waals surface area contributed by atoms with Crippen LogP contribution >= 0.6 is 0 Å². The summed E-state index contributed by atoms with van der Waals surface area (Å²) in [5.41, 5.74) is -0.567. The van der Waals surface area contributed by atoms with Gasteiger partial charge in [0.15, 0.2) is 5.78 Å². The van der Waals surface area contributed by atoms with Crippen LogP contribution in [0.3, 0.4) is 0 Å². The highest BCUT2D eigenvalue weighted by molar-refractivity contribution is 5.93. The highest BCUT2D eigenvalue weighted by Gasteiger charge is 2.79. The average Bonchev–Trinajstić information content (AvgIpc) is 3.27. The van der Waals surface area contributed by atoms with Crippen LogP contribution in [0.25, 0.3) is 0 Å². The first kappa shape index (κ1) is 34.1. The van der Waals surface area contributed by atoms with E-state index in [2.05, 4.69) is 4.90 Å². The summed E-state index contributed by atoms with van der Waals surface area (Å²) in [6, 6.07) is 7.82. The van der Waals surface area contributed by atoms with Gasteiger partial charge in [-0.15, -0.1) is 0 Å². The van der Waals surface area contributed by atoms with Gasteiger partial charge in [-0.1, -0.05) is 36.8 Å². The summed E-state index contributed by atoms with van der Waals surface area (Å²) in [6.45, 7) is 9.99. The molecule has 1 aliphatic heterocycles. The molecule has 1 aromatic carbocycles. The summed E-state index contributed by atoms with van der Waals surface area (Å²) in [4.78, 5) is 28.7. The standard InChI is InChI=1S/C36H45F5N2O4/c1-32(2,3)47-31(45)43-17-15-42(16-18-43)21-22-5-7-23(8-6-22)28-20-33(4)29(13-14-34(33,46)35(37,38)36(39,40)41)27-11-9-24-19-25(44)10-12-26(24)30(27)28/h5-8,19,27-29,46H,9-18,20-21H2,1-4H3/t27?,28?,29?,33?,34-/m0/s1. The van der Waals surface area contributed by atoms with Crippen molar-refractivity contribution in [2.24, 2.45) is 17.3 Å². The van der Waals surface area contributed by atoms with Crippen molar-refractivity contribution in [1.82, 2.24) is 9.80 Å². The molecular formula is C36H45F5N2O4. The number of aliphatic hydroxyl groups is 1. The molecule has 1 N–H and O–H groups in total. The van der Waals surface area contributed by atoms with E-state index in [0.717, 1.165) is 27.8 Å². The van der Waals surface area contributed by atoms with Crippen LogP contribution in [0.15, 0.2) is 47.1 Å². The monoisotopic (exact) mass is 664 g/mol. The molecule has 4 aliphatic carbocycles. The van der Waals surface area contributed by atoms with Crippen molar-refractivity contribution in [3.05, 3.63) is 58.2 Å². The van der Waals surface area contributed by atoms with Crippen LogP contribution in [0.1, 0.15) is 89.7 Å². The molecule has 0 aromatic heterocycles. The van der Waals surface area contributed by atoms with Gasteiger partial charge in [-0.3, -0.25) is 9.69 Å². The molecule has 1 aromatic rings. The lowest BCUT2D eigenvalue weighted by Gasteiger charge is -2.56. The number of ketones is 1. The first-order chi connectivity index (χ1) is 21.8. The molecule has 6 nitrogen and oxygen atoms in total. The lowest BCUT2D eigenvalue weighted by molar-refractivity contribution is -0.362. The number of hydrogen-bond acceptors (Lipinski definition) is 5. The van der Waals surface area contributed by atoms with E-state index in [-0.39, 0.29) is 30.6 Å². The van der Waals surface area contributed by atoms with Gasteiger partial charge in [-0.05, 0) is 99.5 Å². The Kier molecular flexibility index (Phi) is 8.47. The normalized spacial score (nSPS) is 32.0. The molecule has 4 unspecified atom stereocenters. The summed E-state index contributed by atoms with van der Waals surface area (Å²) in [6.07, 6.45) is -3.09. The third kappa shape index (κ3) is 5.83. The Morgan fingerprint density at radius 1 is 0.979 bits per heavy atom. The molecule has 3 fully saturated rings. The van der Waals surface area contributed by atoms with Crippen molar-refractivity contribution in [3.8, 4) is 0 Å². The van der Waals surface area contributed by atoms with Gasteiger partial charge in [0.2, 0.25) is 0 Å². The molecule has 0 spiro atoms. The van der Waals surface area contributed by atoms with E-state index in [0.29, 0.717) is 58.4 Å². The molecule has 6 rings (SSSR count). The number of nitrogens with zero attached hydrogens (tertiary/aromatic N) is 2. The number of rotatable bonds is 4. The minimum Gasteiger partial charge on any atom is -0.444 e. The highest BCUT2D eigenvalue weighted by atomic mass is 19.4. The quantitative estimate of drug-likeness (QED) is 0.337. The summed E-state index contributed by atoms with van der Waals surface area (Å²) in [5.74, 6) is -6.45. The molecule has 5 atom stereocenters. The number of alkyl halides is 5. The number of fused-ring (bicyclic) bond motifs is 4. The lowest BCUT2D eigenvalue weighted by atomic mass is 9.50. The van der Waals surface area contributed by atoms with Crippen molar-refractivity contribution < 1.29 is 41.4 Å². The number of benzene rings is 1. The fourth-order valence-electron chi connectivity index (χ4n) is 9.24. The summed E-state index contributed by atoms with van der Waals surface area (Å²) in [7, 11) is 0. The highest BCUT2D eigenvalue weighted by Crippen LogP contribution is 2.70. The molecule has 258 valence electrons. The maximum absolute atomic E-state index is 15.3. The molecule has 11 heteroatoms. The predicted octanol–water partition coefficient (Wildman–Crippen LogP) is 7.57. The molecule has 1 saturated heterocycles. The van der Waals surface area contributed by atoms with Crippen LogP contribution in [-0.2, 0) is 16.1 Å². The Labute approximate surface area is 273 Å². The van der Waals surface area contributed by atoms with Crippen LogP contribution < -0.4 is 0 Å². The van der Waals surface area contributed by atoms with Gasteiger partial charge in [0.25, 0.3) is 0 Å². The largest absolute Gasteiger partial charge is 0.456 e. The summed E-state index contributed by atoms with van der Waals surface area (Å²) < 4.78 is 77.5. The van der Waals surface area contributed by atoms with E-state index in [1.165, 1.54) is 6.92 Å². The second kappa shape index (κ2) is 11.7. The van der Waals surface area contributed by atoms with Crippen LogP contribution in [0.5, 0.6) is 0 Å². The Bertz CT molecular complexity index is 1470. The summed E-state index contributed by atoms with van der Waals surface area (Å²) in [5, 5.41) is 11.5. The van der Waals surface area contributed by atoms with E-state index in [9.17, 15) is 27.9 Å². The van der Waals surface area contributed by atoms with Crippen LogP contribution in [-0.4, -0.2) is 76.3 Å². The Morgan fingerprint density at radius 3 is 2.26 bits per heavy atom. The average molecular weight is 665 g/mol. The van der Waals surface area contributed by atoms with Gasteiger partial charge in [-0.2, -0.15) is 22.0 Å². The number of hydrogen-bond donors (Lipinski definition) is 1. The van der Waals surface area contributed by atoms with Crippen molar-refractivity contribution >= 4 is 11.9 Å². The second-order valence-corrected chi connectivity index (χ2v) is 15.5. The van der Waals surface area contributed by atoms with Crippen molar-refractivity contribution in [2.45, 2.75) is 108 Å². The number of carbonyl (C=O) groups excluding carboxylic acids is 2. The number of ether oxygens (including phenoxy) is 1. The van der Waals surface area contributed by atoms with Gasteiger partial charge in [0.1, 0.15) is 11.2 Å². The SMILES string of the molecule is CC(C)(C)OC(=O)N1CCN(Cc2ccc(C3CC4(C)C(CC[C@@]4(O)C(F)(F)C(F)(F)F)C4CCC5=CC(=O)CCC5=C34)cc2)CC1. The van der Waals surface area contributed by atoms with E-state index >= 15 is 8.78 Å². The molecule has 1 heterocycles. The maximum Gasteiger partial charge on any atom is 0.456 e. The zero-order valence-electron chi connectivity index (χ0n) is 27.6. The van der Waals surface area contributed by atoms with Gasteiger partial charge in [-0.25, -0.2) is 4.79 Å². The van der Waals surface area contributed by atoms with E-state index < -0.39 is 47.0 Å². The maximum atomic E-state index is 15.3. The fraction of sp³-hybridized carbons (Fsp3) is 0.667. The van der Waals surface area contributed by atoms with Gasteiger partial charge in [0.05, 0.1) is 0 Å². The Hall–Kier alpha value is -2.79. The predicted molar refractivity (Wildman–Crippen MR) is 166 cm³/mol. The lowest BCUT2D eigenvalue weighted by Crippen LogP contribution is -2.65. The number of halogens is 5. The van der Waals surface area contributed by atoms with Gasteiger partial charge in [0, 0.05) is 50.5 Å². The van der Waals surface area contributed by atoms with Crippen LogP contribution in [0.4, 0.5) is 26.7 Å². The number of carbonyl (C=O) groups is 2. The first-order valence-corrected chi connectivity index (χ1v) is 16.8.